The lowest BCUT2D eigenvalue weighted by molar-refractivity contribution is 0.102. The van der Waals surface area contributed by atoms with Crippen LogP contribution >= 0.6 is 0 Å². The zero-order valence-electron chi connectivity index (χ0n) is 9.65. The molecule has 0 spiro atoms. The highest BCUT2D eigenvalue weighted by atomic mass is 16.3. The molecule has 0 unspecified atom stereocenters. The standard InChI is InChI=1S/C13H13NO3/c1-8-3-4-11(6-12(8)15)14-13(16)10-5-9(2)17-7-10/h3-7,15H,1-2H3,(H,14,16). The largest absolute Gasteiger partial charge is 0.508 e. The lowest BCUT2D eigenvalue weighted by atomic mass is 10.2. The first-order chi connectivity index (χ1) is 8.06. The lowest BCUT2D eigenvalue weighted by Gasteiger charge is -2.05. The minimum Gasteiger partial charge on any atom is -0.508 e. The minimum absolute atomic E-state index is 0.158. The van der Waals surface area contributed by atoms with Crippen molar-refractivity contribution in [2.45, 2.75) is 13.8 Å². The third kappa shape index (κ3) is 2.47. The molecule has 0 bridgehead atoms. The van der Waals surface area contributed by atoms with Gasteiger partial charge in [-0.1, -0.05) is 6.07 Å². The fourth-order valence-electron chi connectivity index (χ4n) is 1.45. The highest BCUT2D eigenvalue weighted by Gasteiger charge is 2.09. The molecule has 0 aliphatic carbocycles. The summed E-state index contributed by atoms with van der Waals surface area (Å²) in [7, 11) is 0. The van der Waals surface area contributed by atoms with Crippen LogP contribution in [0, 0.1) is 13.8 Å². The average molecular weight is 231 g/mol. The molecule has 4 heteroatoms. The smallest absolute Gasteiger partial charge is 0.258 e. The second-order valence-electron chi connectivity index (χ2n) is 3.90. The number of hydrogen-bond donors (Lipinski definition) is 2. The van der Waals surface area contributed by atoms with Gasteiger partial charge in [-0.15, -0.1) is 0 Å². The van der Waals surface area contributed by atoms with Gasteiger partial charge in [-0.05, 0) is 31.5 Å². The summed E-state index contributed by atoms with van der Waals surface area (Å²) in [4.78, 5) is 11.8. The monoisotopic (exact) mass is 231 g/mol. The van der Waals surface area contributed by atoms with E-state index in [0.29, 0.717) is 17.0 Å². The summed E-state index contributed by atoms with van der Waals surface area (Å²) in [6, 6.07) is 6.65. The van der Waals surface area contributed by atoms with Crippen LogP contribution in [0.1, 0.15) is 21.7 Å². The Balaban J connectivity index is 2.15. The molecular weight excluding hydrogens is 218 g/mol. The highest BCUT2D eigenvalue weighted by Crippen LogP contribution is 2.21. The van der Waals surface area contributed by atoms with Crippen LogP contribution in [0.15, 0.2) is 34.9 Å². The van der Waals surface area contributed by atoms with Crippen molar-refractivity contribution in [1.29, 1.82) is 0 Å². The van der Waals surface area contributed by atoms with Gasteiger partial charge in [-0.25, -0.2) is 0 Å². The molecule has 0 saturated carbocycles. The maximum Gasteiger partial charge on any atom is 0.258 e. The van der Waals surface area contributed by atoms with Crippen molar-refractivity contribution in [3.8, 4) is 5.75 Å². The summed E-state index contributed by atoms with van der Waals surface area (Å²) in [6.07, 6.45) is 1.40. The number of anilines is 1. The SMILES string of the molecule is Cc1cc(C(=O)Nc2ccc(C)c(O)c2)co1. The Morgan fingerprint density at radius 2 is 2.06 bits per heavy atom. The molecule has 0 saturated heterocycles. The normalized spacial score (nSPS) is 10.2. The van der Waals surface area contributed by atoms with Crippen molar-refractivity contribution in [3.63, 3.8) is 0 Å². The molecule has 0 fully saturated rings. The second-order valence-corrected chi connectivity index (χ2v) is 3.90. The molecule has 0 radical (unpaired) electrons. The highest BCUT2D eigenvalue weighted by molar-refractivity contribution is 6.04. The summed E-state index contributed by atoms with van der Waals surface area (Å²) in [5.74, 6) is 0.582. The van der Waals surface area contributed by atoms with Crippen molar-refractivity contribution in [3.05, 3.63) is 47.4 Å². The molecule has 2 N–H and O–H groups in total. The molecule has 88 valence electrons. The zero-order valence-corrected chi connectivity index (χ0v) is 9.65. The summed E-state index contributed by atoms with van der Waals surface area (Å²) in [6.45, 7) is 3.56. The van der Waals surface area contributed by atoms with E-state index >= 15 is 0 Å². The minimum atomic E-state index is -0.259. The topological polar surface area (TPSA) is 62.5 Å². The Bertz CT molecular complexity index is 558. The van der Waals surface area contributed by atoms with Crippen LogP contribution in [-0.4, -0.2) is 11.0 Å². The predicted octanol–water partition coefficient (Wildman–Crippen LogP) is 2.85. The Kier molecular flexibility index (Phi) is 2.87. The van der Waals surface area contributed by atoms with Crippen molar-refractivity contribution in [1.82, 2.24) is 0 Å². The van der Waals surface area contributed by atoms with Gasteiger partial charge in [0, 0.05) is 11.8 Å². The first-order valence-electron chi connectivity index (χ1n) is 5.22. The molecule has 2 aromatic rings. The van der Waals surface area contributed by atoms with Crippen LogP contribution in [0.2, 0.25) is 0 Å². The van der Waals surface area contributed by atoms with E-state index in [0.717, 1.165) is 5.56 Å². The molecular formula is C13H13NO3. The van der Waals surface area contributed by atoms with Crippen LogP contribution in [0.3, 0.4) is 0 Å². The second kappa shape index (κ2) is 4.33. The Morgan fingerprint density at radius 3 is 2.65 bits per heavy atom. The number of furan rings is 1. The third-order valence-corrected chi connectivity index (χ3v) is 2.46. The van der Waals surface area contributed by atoms with Gasteiger partial charge >= 0.3 is 0 Å². The van der Waals surface area contributed by atoms with E-state index in [1.54, 1.807) is 32.0 Å². The zero-order chi connectivity index (χ0) is 12.4. The maximum absolute atomic E-state index is 11.8. The Morgan fingerprint density at radius 1 is 1.29 bits per heavy atom. The number of aryl methyl sites for hydroxylation is 2. The van der Waals surface area contributed by atoms with Crippen molar-refractivity contribution >= 4 is 11.6 Å². The van der Waals surface area contributed by atoms with Gasteiger partial charge in [-0.3, -0.25) is 4.79 Å². The van der Waals surface area contributed by atoms with Crippen molar-refractivity contribution in [2.24, 2.45) is 0 Å². The van der Waals surface area contributed by atoms with Crippen molar-refractivity contribution in [2.75, 3.05) is 5.32 Å². The number of rotatable bonds is 2. The van der Waals surface area contributed by atoms with Gasteiger partial charge < -0.3 is 14.8 Å². The molecule has 17 heavy (non-hydrogen) atoms. The number of hydrogen-bond acceptors (Lipinski definition) is 3. The first-order valence-corrected chi connectivity index (χ1v) is 5.22. The van der Waals surface area contributed by atoms with Gasteiger partial charge in [0.05, 0.1) is 5.56 Å². The number of carbonyl (C=O) groups is 1. The Labute approximate surface area is 98.9 Å². The fourth-order valence-corrected chi connectivity index (χ4v) is 1.45. The predicted molar refractivity (Wildman–Crippen MR) is 64.2 cm³/mol. The molecule has 1 heterocycles. The van der Waals surface area contributed by atoms with E-state index in [-0.39, 0.29) is 11.7 Å². The van der Waals surface area contributed by atoms with Crippen LogP contribution < -0.4 is 5.32 Å². The Hall–Kier alpha value is -2.23. The summed E-state index contributed by atoms with van der Waals surface area (Å²) in [5, 5.41) is 12.2. The van der Waals surface area contributed by atoms with Gasteiger partial charge in [0.15, 0.2) is 0 Å². The molecule has 4 nitrogen and oxygen atoms in total. The van der Waals surface area contributed by atoms with E-state index in [1.807, 2.05) is 0 Å². The molecule has 0 aliphatic heterocycles. The van der Waals surface area contributed by atoms with E-state index in [9.17, 15) is 9.90 Å². The quantitative estimate of drug-likeness (QED) is 0.835. The van der Waals surface area contributed by atoms with Crippen LogP contribution in [0.25, 0.3) is 0 Å². The number of phenols is 1. The van der Waals surface area contributed by atoms with Crippen LogP contribution in [0.5, 0.6) is 5.75 Å². The molecule has 1 aromatic heterocycles. The maximum atomic E-state index is 11.8. The number of nitrogens with one attached hydrogen (secondary N) is 1. The average Bonchev–Trinajstić information content (AvgIpc) is 2.70. The van der Waals surface area contributed by atoms with E-state index < -0.39 is 0 Å². The summed E-state index contributed by atoms with van der Waals surface area (Å²) < 4.78 is 5.06. The van der Waals surface area contributed by atoms with Crippen molar-refractivity contribution < 1.29 is 14.3 Å². The van der Waals surface area contributed by atoms with E-state index in [2.05, 4.69) is 5.32 Å². The van der Waals surface area contributed by atoms with E-state index in [4.69, 9.17) is 4.42 Å². The van der Waals surface area contributed by atoms with Gasteiger partial charge in [0.2, 0.25) is 0 Å². The van der Waals surface area contributed by atoms with Gasteiger partial charge in [-0.2, -0.15) is 0 Å². The van der Waals surface area contributed by atoms with Gasteiger partial charge in [0.25, 0.3) is 5.91 Å². The van der Waals surface area contributed by atoms with Crippen LogP contribution in [0.4, 0.5) is 5.69 Å². The molecule has 1 amide bonds. The molecule has 0 aliphatic rings. The number of amides is 1. The number of phenolic OH excluding ortho intramolecular Hbond substituents is 1. The lowest BCUT2D eigenvalue weighted by Crippen LogP contribution is -2.10. The first kappa shape index (κ1) is 11.3. The number of carbonyl (C=O) groups excluding carboxylic acids is 1. The summed E-state index contributed by atoms with van der Waals surface area (Å²) >= 11 is 0. The van der Waals surface area contributed by atoms with E-state index in [1.165, 1.54) is 12.3 Å². The third-order valence-electron chi connectivity index (χ3n) is 2.46. The molecule has 2 rings (SSSR count). The number of benzene rings is 1. The molecule has 0 atom stereocenters. The molecule has 1 aromatic carbocycles. The number of aromatic hydroxyl groups is 1. The fraction of sp³-hybridized carbons (Fsp3) is 0.154. The summed E-state index contributed by atoms with van der Waals surface area (Å²) in [5.41, 5.74) is 1.78. The van der Waals surface area contributed by atoms with Gasteiger partial charge in [0.1, 0.15) is 17.8 Å². The van der Waals surface area contributed by atoms with Crippen LogP contribution in [-0.2, 0) is 0 Å².